The van der Waals surface area contributed by atoms with Gasteiger partial charge in [0, 0.05) is 76.9 Å². The smallest absolute Gasteiger partial charge is 0.281 e. The maximum atomic E-state index is 11.1. The van der Waals surface area contributed by atoms with Gasteiger partial charge in [-0.15, -0.1) is 10.2 Å². The summed E-state index contributed by atoms with van der Waals surface area (Å²) in [6.45, 7) is 36.7. The van der Waals surface area contributed by atoms with Crippen molar-refractivity contribution in [3.63, 3.8) is 0 Å². The van der Waals surface area contributed by atoms with Gasteiger partial charge >= 0.3 is 0 Å². The van der Waals surface area contributed by atoms with E-state index in [1.54, 1.807) is 33.2 Å². The monoisotopic (exact) mass is 1100 g/mol. The third kappa shape index (κ3) is 36.8. The second kappa shape index (κ2) is 44.7. The Kier molecular flexibility index (Phi) is 49.1. The van der Waals surface area contributed by atoms with Crippen LogP contribution in [-0.4, -0.2) is 68.7 Å². The molecule has 5 aromatic rings. The van der Waals surface area contributed by atoms with Gasteiger partial charge in [-0.1, -0.05) is 170 Å². The van der Waals surface area contributed by atoms with Crippen molar-refractivity contribution in [2.24, 2.45) is 22.7 Å². The fourth-order valence-corrected chi connectivity index (χ4v) is 5.38. The van der Waals surface area contributed by atoms with Crippen LogP contribution in [0.1, 0.15) is 211 Å². The first-order valence-electron chi connectivity index (χ1n) is 22.4. The van der Waals surface area contributed by atoms with Crippen LogP contribution in [0.25, 0.3) is 0 Å². The molecule has 1 aliphatic heterocycles. The van der Waals surface area contributed by atoms with E-state index in [0.29, 0.717) is 40.8 Å². The molecule has 22 nitrogen and oxygen atoms in total. The van der Waals surface area contributed by atoms with Crippen molar-refractivity contribution in [2.45, 2.75) is 184 Å². The number of carbonyl (C=O) groups excluding carboxylic acids is 2. The molecule has 1 aliphatic rings. The largest absolute Gasteiger partial charge is 0.502 e. The van der Waals surface area contributed by atoms with Gasteiger partial charge in [0.25, 0.3) is 11.1 Å². The molecule has 0 radical (unpaired) electrons. The summed E-state index contributed by atoms with van der Waals surface area (Å²) in [4.78, 5) is 63.1. The van der Waals surface area contributed by atoms with Crippen molar-refractivity contribution in [2.75, 3.05) is 7.05 Å². The third-order valence-corrected chi connectivity index (χ3v) is 9.99. The Bertz CT molecular complexity index is 2470. The Hall–Kier alpha value is -6.74. The molecular formula is C51H95N13O9S2. The maximum Gasteiger partial charge on any atom is 0.281 e. The molecule has 0 aliphatic carbocycles. The van der Waals surface area contributed by atoms with Gasteiger partial charge in [-0.25, -0.2) is 5.48 Å². The molecule has 6 rings (SSSR count). The number of hydrogen-bond donors (Lipinski definition) is 7. The highest BCUT2D eigenvalue weighted by molar-refractivity contribution is 7.05. The predicted molar refractivity (Wildman–Crippen MR) is 307 cm³/mol. The van der Waals surface area contributed by atoms with Gasteiger partial charge in [-0.05, 0) is 25.3 Å². The SMILES string of the molecule is C.C.C.C.C.C=C1N=C(C(C)C)NO1.CC(C)C(=O)NC#N.CC(C)c1cc(=O)[nH]s1.CC(C)c1cocc(O)c1=O.CC(C)c1nn[nH]n1.CC(C)c1ns[nH]c1=O.CNC(=O)C(C)C.Cc1cc(C(C)C)on1. The zero-order valence-electron chi connectivity index (χ0n) is 43.8. The second-order valence-electron chi connectivity index (χ2n) is 17.3. The molecule has 0 unspecified atom stereocenters. The lowest BCUT2D eigenvalue weighted by molar-refractivity contribution is -0.124. The number of nitrogens with one attached hydrogen (secondary N) is 6. The van der Waals surface area contributed by atoms with Crippen molar-refractivity contribution >= 4 is 40.9 Å². The van der Waals surface area contributed by atoms with Gasteiger partial charge in [0.15, 0.2) is 17.8 Å². The summed E-state index contributed by atoms with van der Waals surface area (Å²) in [6.07, 6.45) is 3.95. The van der Waals surface area contributed by atoms with E-state index in [-0.39, 0.29) is 94.9 Å². The number of aromatic amines is 3. The minimum atomic E-state index is -0.341. The van der Waals surface area contributed by atoms with E-state index in [1.807, 2.05) is 87.5 Å². The number of aromatic nitrogens is 8. The van der Waals surface area contributed by atoms with Gasteiger partial charge in [-0.2, -0.15) is 19.8 Å². The van der Waals surface area contributed by atoms with Crippen LogP contribution in [0, 0.1) is 36.1 Å². The third-order valence-electron chi connectivity index (χ3n) is 8.30. The topological polar surface area (TPSA) is 325 Å². The lowest BCUT2D eigenvalue weighted by Gasteiger charge is -2.01. The number of carbonyl (C=O) groups is 2. The minimum absolute atomic E-state index is 0. The van der Waals surface area contributed by atoms with Crippen LogP contribution >= 0.6 is 23.3 Å². The van der Waals surface area contributed by atoms with E-state index in [9.17, 15) is 24.0 Å². The summed E-state index contributed by atoms with van der Waals surface area (Å²) in [5.74, 6) is 4.57. The van der Waals surface area contributed by atoms with E-state index in [2.05, 4.69) is 89.0 Å². The normalized spacial score (nSPS) is 10.3. The highest BCUT2D eigenvalue weighted by Gasteiger charge is 2.12. The van der Waals surface area contributed by atoms with E-state index < -0.39 is 0 Å². The molecule has 5 aromatic heterocycles. The molecule has 7 N–H and O–H groups in total. The Labute approximate surface area is 455 Å². The number of aromatic hydroxyl groups is 1. The molecule has 0 saturated heterocycles. The predicted octanol–water partition coefficient (Wildman–Crippen LogP) is 11.3. The summed E-state index contributed by atoms with van der Waals surface area (Å²) >= 11 is 2.53. The van der Waals surface area contributed by atoms with Crippen molar-refractivity contribution < 1.29 is 28.5 Å². The molecule has 0 spiro atoms. The highest BCUT2D eigenvalue weighted by Crippen LogP contribution is 2.15. The lowest BCUT2D eigenvalue weighted by Crippen LogP contribution is -2.22. The van der Waals surface area contributed by atoms with Gasteiger partial charge < -0.3 is 24.2 Å². The fourth-order valence-electron chi connectivity index (χ4n) is 4.08. The number of nitriles is 1. The van der Waals surface area contributed by atoms with E-state index in [4.69, 9.17) is 24.1 Å². The van der Waals surface area contributed by atoms with Crippen LogP contribution in [0.2, 0.25) is 0 Å². The van der Waals surface area contributed by atoms with E-state index in [1.165, 1.54) is 17.8 Å². The first-order chi connectivity index (χ1) is 32.6. The summed E-state index contributed by atoms with van der Waals surface area (Å²) in [5, 5.41) is 38.5. The molecule has 0 aromatic carbocycles. The number of tetrazole rings is 1. The number of rotatable bonds is 8. The number of aliphatic imine (C=N–C) groups is 1. The second-order valence-corrected chi connectivity index (χ2v) is 18.8. The summed E-state index contributed by atoms with van der Waals surface area (Å²) in [7, 11) is 1.64. The van der Waals surface area contributed by atoms with Crippen LogP contribution in [-0.2, 0) is 14.4 Å². The first-order valence-corrected chi connectivity index (χ1v) is 24.0. The summed E-state index contributed by atoms with van der Waals surface area (Å²) in [6, 6.07) is 3.61. The van der Waals surface area contributed by atoms with Gasteiger partial charge in [0.1, 0.15) is 23.6 Å². The molecule has 0 bridgehead atoms. The van der Waals surface area contributed by atoms with Crippen LogP contribution in [0.15, 0.2) is 65.4 Å². The van der Waals surface area contributed by atoms with Gasteiger partial charge in [-0.3, -0.25) is 38.0 Å². The van der Waals surface area contributed by atoms with Crippen LogP contribution < -0.4 is 32.7 Å². The molecule has 2 amide bonds. The minimum Gasteiger partial charge on any atom is -0.502 e. The number of nitrogens with zero attached hydrogens (tertiary/aromatic N) is 7. The molecule has 0 fully saturated rings. The average molecular weight is 1100 g/mol. The quantitative estimate of drug-likeness (QED) is 0.0561. The van der Waals surface area contributed by atoms with Crippen molar-refractivity contribution in [3.8, 4) is 11.9 Å². The number of hydroxylamine groups is 1. The summed E-state index contributed by atoms with van der Waals surface area (Å²) < 4.78 is 18.8. The van der Waals surface area contributed by atoms with Crippen molar-refractivity contribution in [1.82, 2.24) is 55.0 Å². The maximum absolute atomic E-state index is 11.1. The number of amidine groups is 1. The zero-order valence-corrected chi connectivity index (χ0v) is 45.4. The zero-order chi connectivity index (χ0) is 54.3. The highest BCUT2D eigenvalue weighted by atomic mass is 32.1. The van der Waals surface area contributed by atoms with Gasteiger partial charge in [0.2, 0.25) is 23.1 Å². The Morgan fingerprint density at radius 2 is 1.35 bits per heavy atom. The van der Waals surface area contributed by atoms with Crippen LogP contribution in [0.4, 0.5) is 0 Å². The van der Waals surface area contributed by atoms with E-state index in [0.717, 1.165) is 46.0 Å². The number of aryl methyl sites for hydroxylation is 1. The summed E-state index contributed by atoms with van der Waals surface area (Å²) in [5.41, 5.74) is 4.39. The molecule has 0 atom stereocenters. The van der Waals surface area contributed by atoms with Gasteiger partial charge in [0.05, 0.1) is 12.0 Å². The average Bonchev–Trinajstić information content (AvgIpc) is 4.16. The number of H-pyrrole nitrogens is 3. The first kappa shape index (κ1) is 82.3. The molecule has 75 heavy (non-hydrogen) atoms. The molecule has 24 heteroatoms. The Morgan fingerprint density at radius 3 is 1.56 bits per heavy atom. The molecule has 6 heterocycles. The van der Waals surface area contributed by atoms with Crippen LogP contribution in [0.3, 0.4) is 0 Å². The number of hydrogen-bond acceptors (Lipinski definition) is 19. The van der Waals surface area contributed by atoms with E-state index >= 15 is 0 Å². The number of amides is 2. The molecular weight excluding hydrogens is 1000 g/mol. The fraction of sp³-hybridized carbons (Fsp3) is 0.608. The Morgan fingerprint density at radius 1 is 0.773 bits per heavy atom. The molecule has 0 saturated carbocycles. The van der Waals surface area contributed by atoms with Crippen molar-refractivity contribution in [1.29, 1.82) is 5.26 Å². The standard InChI is InChI=1S/C8H10O3.C7H11NO.C6H10N2O.C6H9NOS.C5H8N2OS.C5H8N2O.C5H11NO.C4H8N4.5CH4/c1-5(2)6-3-11-4-7(9)8(6)10;1-5(2)7-4-6(3)8-9-7;1-4(2)6-7-5(3)9-8-6;1-4(2)5-3-6(8)7-9-5;1-3(2)4-5(8)7-9-6-4;1-4(2)5(8)7-3-6;1-4(2)5(7)6-3;1-3(2)4-5-7-8-6-4;;;;;/h3-5,9H,1-2H3;4-5H,1-3H3;4H,3H2,1-2H3,(H,7,8);3-4H,1-2H3,(H,7,8);3H,1-2H3,(H,7,8);4H,1-2H3,(H,7,8);4H,1-3H3,(H,6,7);3H,1-2H3,(H,5,6,7,8);5*1H4. The van der Waals surface area contributed by atoms with Crippen LogP contribution in [0.5, 0.6) is 5.75 Å². The lowest BCUT2D eigenvalue weighted by atomic mass is 10.1. The Balaban J connectivity index is -0.000000140. The molecule has 430 valence electrons. The van der Waals surface area contributed by atoms with Crippen molar-refractivity contribution in [3.05, 3.63) is 101 Å².